The lowest BCUT2D eigenvalue weighted by Gasteiger charge is -2.27. The quantitative estimate of drug-likeness (QED) is 0.616. The van der Waals surface area contributed by atoms with Crippen molar-refractivity contribution in [2.45, 2.75) is 25.3 Å². The number of aromatic amines is 1. The third-order valence-corrected chi connectivity index (χ3v) is 4.16. The summed E-state index contributed by atoms with van der Waals surface area (Å²) in [7, 11) is 0. The van der Waals surface area contributed by atoms with Crippen LogP contribution in [0.5, 0.6) is 0 Å². The van der Waals surface area contributed by atoms with Crippen molar-refractivity contribution in [2.24, 2.45) is 10.7 Å². The smallest absolute Gasteiger partial charge is 0.191 e. The van der Waals surface area contributed by atoms with Crippen molar-refractivity contribution in [2.75, 3.05) is 24.6 Å². The summed E-state index contributed by atoms with van der Waals surface area (Å²) in [5, 5.41) is 7.14. The number of rotatable bonds is 3. The molecule has 2 aliphatic rings. The molecular formula is C11H18N6S. The minimum Gasteiger partial charge on any atom is -0.370 e. The highest BCUT2D eigenvalue weighted by molar-refractivity contribution is 7.99. The van der Waals surface area contributed by atoms with Gasteiger partial charge >= 0.3 is 0 Å². The predicted molar refractivity (Wildman–Crippen MR) is 72.6 cm³/mol. The van der Waals surface area contributed by atoms with Gasteiger partial charge in [-0.25, -0.2) is 9.98 Å². The first-order valence-electron chi connectivity index (χ1n) is 6.37. The fourth-order valence-corrected chi connectivity index (χ4v) is 2.86. The van der Waals surface area contributed by atoms with E-state index in [1.807, 2.05) is 11.8 Å². The van der Waals surface area contributed by atoms with Crippen LogP contribution in [0.2, 0.25) is 0 Å². The molecule has 0 aromatic carbocycles. The maximum atomic E-state index is 5.98. The van der Waals surface area contributed by atoms with Crippen molar-refractivity contribution in [3.05, 3.63) is 11.6 Å². The van der Waals surface area contributed by atoms with Crippen molar-refractivity contribution in [1.29, 1.82) is 0 Å². The molecule has 1 aliphatic heterocycles. The van der Waals surface area contributed by atoms with Gasteiger partial charge in [-0.3, -0.25) is 5.10 Å². The highest BCUT2D eigenvalue weighted by atomic mass is 32.2. The van der Waals surface area contributed by atoms with Crippen molar-refractivity contribution in [3.8, 4) is 0 Å². The van der Waals surface area contributed by atoms with E-state index in [1.54, 1.807) is 0 Å². The average molecular weight is 266 g/mol. The first-order chi connectivity index (χ1) is 8.83. The Morgan fingerprint density at radius 1 is 1.44 bits per heavy atom. The van der Waals surface area contributed by atoms with Gasteiger partial charge in [0.2, 0.25) is 0 Å². The lowest BCUT2D eigenvalue weighted by atomic mass is 10.4. The van der Waals surface area contributed by atoms with Crippen LogP contribution in [0.4, 0.5) is 0 Å². The van der Waals surface area contributed by atoms with Crippen LogP contribution in [0.25, 0.3) is 0 Å². The molecule has 0 spiro atoms. The van der Waals surface area contributed by atoms with Crippen molar-refractivity contribution in [3.63, 3.8) is 0 Å². The average Bonchev–Trinajstić information content (AvgIpc) is 3.16. The molecular weight excluding hydrogens is 248 g/mol. The number of thioether (sulfide) groups is 1. The lowest BCUT2D eigenvalue weighted by molar-refractivity contribution is 0.455. The highest BCUT2D eigenvalue weighted by Crippen LogP contribution is 2.37. The topological polar surface area (TPSA) is 83.2 Å². The number of H-pyrrole nitrogens is 1. The fraction of sp³-hybridized carbons (Fsp3) is 0.727. The normalized spacial score (nSPS) is 21.3. The molecule has 2 heterocycles. The molecule has 0 amide bonds. The molecule has 3 N–H and O–H groups in total. The van der Waals surface area contributed by atoms with E-state index in [0.29, 0.717) is 18.4 Å². The van der Waals surface area contributed by atoms with Gasteiger partial charge in [0, 0.05) is 30.5 Å². The van der Waals surface area contributed by atoms with Crippen LogP contribution in [0.15, 0.2) is 4.99 Å². The molecule has 1 saturated carbocycles. The Kier molecular flexibility index (Phi) is 3.40. The van der Waals surface area contributed by atoms with Crippen LogP contribution in [-0.2, 0) is 6.54 Å². The number of nitrogens with two attached hydrogens (primary N) is 1. The van der Waals surface area contributed by atoms with E-state index in [1.165, 1.54) is 12.8 Å². The van der Waals surface area contributed by atoms with E-state index in [4.69, 9.17) is 5.73 Å². The molecule has 18 heavy (non-hydrogen) atoms. The van der Waals surface area contributed by atoms with Gasteiger partial charge in [0.05, 0.1) is 0 Å². The van der Waals surface area contributed by atoms with E-state index < -0.39 is 0 Å². The molecule has 0 bridgehead atoms. The zero-order valence-electron chi connectivity index (χ0n) is 10.3. The Balaban J connectivity index is 1.57. The number of hydrogen-bond donors (Lipinski definition) is 2. The van der Waals surface area contributed by atoms with Gasteiger partial charge in [-0.15, -0.1) is 0 Å². The molecule has 1 aliphatic carbocycles. The standard InChI is InChI=1S/C11H18N6S/c12-11(17-3-5-18-6-4-17)13-7-9-14-10(16-15-9)8-1-2-8/h8H,1-7H2,(H2,12,13)(H,14,15,16). The number of hydrogen-bond acceptors (Lipinski definition) is 4. The molecule has 1 saturated heterocycles. The molecule has 1 aromatic heterocycles. The maximum Gasteiger partial charge on any atom is 0.191 e. The molecule has 1 aromatic rings. The van der Waals surface area contributed by atoms with Gasteiger partial charge in [0.25, 0.3) is 0 Å². The second-order valence-electron chi connectivity index (χ2n) is 4.69. The summed E-state index contributed by atoms with van der Waals surface area (Å²) in [4.78, 5) is 11.0. The molecule has 3 rings (SSSR count). The zero-order chi connectivity index (χ0) is 12.4. The lowest BCUT2D eigenvalue weighted by Crippen LogP contribution is -2.42. The van der Waals surface area contributed by atoms with Crippen molar-refractivity contribution >= 4 is 17.7 Å². The van der Waals surface area contributed by atoms with Gasteiger partial charge in [-0.2, -0.15) is 16.9 Å². The summed E-state index contributed by atoms with van der Waals surface area (Å²) in [6.45, 7) is 2.47. The van der Waals surface area contributed by atoms with E-state index in [0.717, 1.165) is 36.2 Å². The number of guanidine groups is 1. The summed E-state index contributed by atoms with van der Waals surface area (Å²) in [5.41, 5.74) is 5.98. The molecule has 2 fully saturated rings. The zero-order valence-corrected chi connectivity index (χ0v) is 11.1. The van der Waals surface area contributed by atoms with E-state index in [2.05, 4.69) is 25.1 Å². The Labute approximate surface area is 110 Å². The molecule has 7 heteroatoms. The minimum absolute atomic E-state index is 0.495. The number of aliphatic imine (C=N–C) groups is 1. The number of aromatic nitrogens is 3. The Hall–Kier alpha value is -1.24. The third kappa shape index (κ3) is 2.77. The molecule has 0 radical (unpaired) electrons. The predicted octanol–water partition coefficient (Wildman–Crippen LogP) is 0.546. The first kappa shape index (κ1) is 11.8. The summed E-state index contributed by atoms with van der Waals surface area (Å²) in [6, 6.07) is 0. The first-order valence-corrected chi connectivity index (χ1v) is 7.52. The summed E-state index contributed by atoms with van der Waals surface area (Å²) >= 11 is 1.96. The van der Waals surface area contributed by atoms with E-state index >= 15 is 0 Å². The SMILES string of the molecule is NC(=NCc1nc(C2CC2)n[nH]1)N1CCSCC1. The Morgan fingerprint density at radius 2 is 2.22 bits per heavy atom. The van der Waals surface area contributed by atoms with Crippen LogP contribution in [0, 0.1) is 0 Å². The maximum absolute atomic E-state index is 5.98. The van der Waals surface area contributed by atoms with Crippen LogP contribution in [-0.4, -0.2) is 50.6 Å². The van der Waals surface area contributed by atoms with E-state index in [9.17, 15) is 0 Å². The third-order valence-electron chi connectivity index (χ3n) is 3.22. The number of nitrogens with one attached hydrogen (secondary N) is 1. The van der Waals surface area contributed by atoms with Crippen molar-refractivity contribution in [1.82, 2.24) is 20.1 Å². The summed E-state index contributed by atoms with van der Waals surface area (Å²) in [5.74, 6) is 5.21. The summed E-state index contributed by atoms with van der Waals surface area (Å²) in [6.07, 6.45) is 2.43. The second kappa shape index (κ2) is 5.17. The Morgan fingerprint density at radius 3 is 2.94 bits per heavy atom. The molecule has 0 atom stereocenters. The van der Waals surface area contributed by atoms with Crippen LogP contribution < -0.4 is 5.73 Å². The molecule has 98 valence electrons. The molecule has 6 nitrogen and oxygen atoms in total. The molecule has 0 unspecified atom stereocenters. The van der Waals surface area contributed by atoms with Crippen molar-refractivity contribution < 1.29 is 0 Å². The summed E-state index contributed by atoms with van der Waals surface area (Å²) < 4.78 is 0. The second-order valence-corrected chi connectivity index (χ2v) is 5.91. The van der Waals surface area contributed by atoms with E-state index in [-0.39, 0.29) is 0 Å². The number of nitrogens with zero attached hydrogens (tertiary/aromatic N) is 4. The highest BCUT2D eigenvalue weighted by Gasteiger charge is 2.27. The van der Waals surface area contributed by atoms with Crippen LogP contribution in [0.3, 0.4) is 0 Å². The van der Waals surface area contributed by atoms with Gasteiger partial charge in [0.1, 0.15) is 12.4 Å². The fourth-order valence-electron chi connectivity index (χ4n) is 1.95. The van der Waals surface area contributed by atoms with Gasteiger partial charge < -0.3 is 10.6 Å². The van der Waals surface area contributed by atoms with Crippen LogP contribution >= 0.6 is 11.8 Å². The minimum atomic E-state index is 0.495. The Bertz CT molecular complexity index is 432. The van der Waals surface area contributed by atoms with Gasteiger partial charge in [-0.05, 0) is 12.8 Å². The monoisotopic (exact) mass is 266 g/mol. The van der Waals surface area contributed by atoms with Gasteiger partial charge in [0.15, 0.2) is 11.8 Å². The van der Waals surface area contributed by atoms with Gasteiger partial charge in [-0.1, -0.05) is 0 Å². The largest absolute Gasteiger partial charge is 0.370 e. The van der Waals surface area contributed by atoms with Crippen LogP contribution in [0.1, 0.15) is 30.4 Å².